The first-order valence-electron chi connectivity index (χ1n) is 7.82. The highest BCUT2D eigenvalue weighted by Gasteiger charge is 2.26. The lowest BCUT2D eigenvalue weighted by Crippen LogP contribution is -2.13. The molecule has 0 saturated heterocycles. The largest absolute Gasteiger partial charge is 0.508 e. The quantitative estimate of drug-likeness (QED) is 0.887. The molecule has 0 saturated carbocycles. The third-order valence-corrected chi connectivity index (χ3v) is 4.19. The SMILES string of the molecule is CCCc1c(O)ccc2c1C[C@@H](CCc1ccccc1)O2. The fourth-order valence-electron chi connectivity index (χ4n) is 3.10. The molecule has 21 heavy (non-hydrogen) atoms. The van der Waals surface area contributed by atoms with Crippen LogP contribution < -0.4 is 4.74 Å². The van der Waals surface area contributed by atoms with Gasteiger partial charge in [-0.15, -0.1) is 0 Å². The number of aryl methyl sites for hydroxylation is 1. The van der Waals surface area contributed by atoms with Gasteiger partial charge in [0, 0.05) is 17.5 Å². The van der Waals surface area contributed by atoms with Crippen LogP contribution in [0.5, 0.6) is 11.5 Å². The van der Waals surface area contributed by atoms with Crippen molar-refractivity contribution in [3.63, 3.8) is 0 Å². The monoisotopic (exact) mass is 282 g/mol. The Bertz CT molecular complexity index is 604. The van der Waals surface area contributed by atoms with E-state index >= 15 is 0 Å². The highest BCUT2D eigenvalue weighted by Crippen LogP contribution is 2.37. The van der Waals surface area contributed by atoms with Crippen molar-refractivity contribution in [3.05, 3.63) is 59.2 Å². The van der Waals surface area contributed by atoms with Gasteiger partial charge < -0.3 is 9.84 Å². The lowest BCUT2D eigenvalue weighted by Gasteiger charge is -2.10. The molecule has 1 heterocycles. The molecular weight excluding hydrogens is 260 g/mol. The first-order valence-corrected chi connectivity index (χ1v) is 7.82. The molecule has 1 atom stereocenters. The van der Waals surface area contributed by atoms with Crippen LogP contribution in [-0.4, -0.2) is 11.2 Å². The van der Waals surface area contributed by atoms with Gasteiger partial charge in [0.2, 0.25) is 0 Å². The lowest BCUT2D eigenvalue weighted by atomic mass is 9.96. The Morgan fingerprint density at radius 3 is 2.67 bits per heavy atom. The van der Waals surface area contributed by atoms with Crippen molar-refractivity contribution in [2.45, 2.75) is 45.1 Å². The molecule has 2 heteroatoms. The van der Waals surface area contributed by atoms with E-state index in [2.05, 4.69) is 31.2 Å². The minimum absolute atomic E-state index is 0.234. The number of hydrogen-bond acceptors (Lipinski definition) is 2. The molecule has 2 aromatic rings. The second-order valence-electron chi connectivity index (χ2n) is 5.76. The average Bonchev–Trinajstić information content (AvgIpc) is 2.93. The summed E-state index contributed by atoms with van der Waals surface area (Å²) < 4.78 is 6.06. The van der Waals surface area contributed by atoms with Crippen LogP contribution in [0.1, 0.15) is 36.5 Å². The lowest BCUT2D eigenvalue weighted by molar-refractivity contribution is 0.222. The van der Waals surface area contributed by atoms with Crippen LogP contribution in [0.25, 0.3) is 0 Å². The molecule has 1 aliphatic rings. The average molecular weight is 282 g/mol. The van der Waals surface area contributed by atoms with Gasteiger partial charge in [0.25, 0.3) is 0 Å². The van der Waals surface area contributed by atoms with Crippen LogP contribution in [0.2, 0.25) is 0 Å². The molecule has 3 rings (SSSR count). The molecule has 0 bridgehead atoms. The predicted octanol–water partition coefficient (Wildman–Crippen LogP) is 4.28. The van der Waals surface area contributed by atoms with Crippen LogP contribution in [-0.2, 0) is 19.3 Å². The summed E-state index contributed by atoms with van der Waals surface area (Å²) in [6.45, 7) is 2.14. The number of benzene rings is 2. The predicted molar refractivity (Wildman–Crippen MR) is 85.0 cm³/mol. The Hall–Kier alpha value is -1.96. The second kappa shape index (κ2) is 6.21. The van der Waals surface area contributed by atoms with Crippen LogP contribution >= 0.6 is 0 Å². The van der Waals surface area contributed by atoms with E-state index in [0.29, 0.717) is 5.75 Å². The molecule has 0 unspecified atom stereocenters. The first-order chi connectivity index (χ1) is 10.3. The smallest absolute Gasteiger partial charge is 0.123 e. The van der Waals surface area contributed by atoms with Gasteiger partial charge in [-0.25, -0.2) is 0 Å². The van der Waals surface area contributed by atoms with E-state index in [0.717, 1.165) is 43.4 Å². The molecule has 0 spiro atoms. The summed E-state index contributed by atoms with van der Waals surface area (Å²) in [5.74, 6) is 1.39. The van der Waals surface area contributed by atoms with Gasteiger partial charge in [0.15, 0.2) is 0 Å². The number of ether oxygens (including phenoxy) is 1. The van der Waals surface area contributed by atoms with E-state index in [1.807, 2.05) is 12.1 Å². The first kappa shape index (κ1) is 14.0. The minimum Gasteiger partial charge on any atom is -0.508 e. The molecule has 1 N–H and O–H groups in total. The second-order valence-corrected chi connectivity index (χ2v) is 5.76. The van der Waals surface area contributed by atoms with E-state index < -0.39 is 0 Å². The van der Waals surface area contributed by atoms with Crippen molar-refractivity contribution in [1.29, 1.82) is 0 Å². The Labute approximate surface area is 126 Å². The minimum atomic E-state index is 0.234. The highest BCUT2D eigenvalue weighted by atomic mass is 16.5. The standard InChI is InChI=1S/C19H22O2/c1-2-6-16-17-13-15(21-19(17)12-11-18(16)20)10-9-14-7-4-3-5-8-14/h3-5,7-8,11-12,15,20H,2,6,9-10,13H2,1H3/t15-/m1/s1. The molecule has 110 valence electrons. The fraction of sp³-hybridized carbons (Fsp3) is 0.368. The number of phenolic OH excluding ortho intramolecular Hbond substituents is 1. The molecular formula is C19H22O2. The Morgan fingerprint density at radius 2 is 1.90 bits per heavy atom. The Balaban J connectivity index is 1.68. The maximum atomic E-state index is 10.0. The molecule has 2 aromatic carbocycles. The van der Waals surface area contributed by atoms with Gasteiger partial charge in [-0.3, -0.25) is 0 Å². The number of hydrogen-bond donors (Lipinski definition) is 1. The van der Waals surface area contributed by atoms with Crippen molar-refractivity contribution in [2.24, 2.45) is 0 Å². The van der Waals surface area contributed by atoms with Crippen molar-refractivity contribution in [2.75, 3.05) is 0 Å². The number of phenols is 1. The summed E-state index contributed by atoms with van der Waals surface area (Å²) in [5, 5.41) is 10.0. The summed E-state index contributed by atoms with van der Waals surface area (Å²) in [7, 11) is 0. The zero-order chi connectivity index (χ0) is 14.7. The summed E-state index contributed by atoms with van der Waals surface area (Å²) in [6, 6.07) is 14.2. The highest BCUT2D eigenvalue weighted by molar-refractivity contribution is 5.50. The van der Waals surface area contributed by atoms with Crippen molar-refractivity contribution in [3.8, 4) is 11.5 Å². The molecule has 2 nitrogen and oxygen atoms in total. The van der Waals surface area contributed by atoms with Gasteiger partial charge in [-0.05, 0) is 37.0 Å². The maximum absolute atomic E-state index is 10.0. The molecule has 0 fully saturated rings. The van der Waals surface area contributed by atoms with Crippen molar-refractivity contribution >= 4 is 0 Å². The Kier molecular flexibility index (Phi) is 4.14. The van der Waals surface area contributed by atoms with Crippen LogP contribution in [0, 0.1) is 0 Å². The molecule has 0 amide bonds. The Morgan fingerprint density at radius 1 is 1.10 bits per heavy atom. The van der Waals surface area contributed by atoms with E-state index in [1.54, 1.807) is 6.07 Å². The van der Waals surface area contributed by atoms with E-state index in [-0.39, 0.29) is 6.10 Å². The summed E-state index contributed by atoms with van der Waals surface area (Å²) >= 11 is 0. The topological polar surface area (TPSA) is 29.5 Å². The van der Waals surface area contributed by atoms with Gasteiger partial charge in [-0.2, -0.15) is 0 Å². The number of fused-ring (bicyclic) bond motifs is 1. The summed E-state index contributed by atoms with van der Waals surface area (Å²) in [4.78, 5) is 0. The van der Waals surface area contributed by atoms with Crippen molar-refractivity contribution < 1.29 is 9.84 Å². The van der Waals surface area contributed by atoms with Gasteiger partial charge in [-0.1, -0.05) is 43.7 Å². The van der Waals surface area contributed by atoms with E-state index in [1.165, 1.54) is 11.1 Å². The zero-order valence-electron chi connectivity index (χ0n) is 12.5. The molecule has 0 radical (unpaired) electrons. The van der Waals surface area contributed by atoms with E-state index in [9.17, 15) is 5.11 Å². The van der Waals surface area contributed by atoms with Gasteiger partial charge in [0.05, 0.1) is 0 Å². The van der Waals surface area contributed by atoms with Crippen LogP contribution in [0.3, 0.4) is 0 Å². The van der Waals surface area contributed by atoms with E-state index in [4.69, 9.17) is 4.74 Å². The molecule has 0 aromatic heterocycles. The fourth-order valence-corrected chi connectivity index (χ4v) is 3.10. The van der Waals surface area contributed by atoms with Crippen molar-refractivity contribution in [1.82, 2.24) is 0 Å². The zero-order valence-corrected chi connectivity index (χ0v) is 12.5. The number of aromatic hydroxyl groups is 1. The third kappa shape index (κ3) is 3.05. The van der Waals surface area contributed by atoms with Crippen LogP contribution in [0.4, 0.5) is 0 Å². The normalized spacial score (nSPS) is 16.5. The molecule has 0 aliphatic carbocycles. The maximum Gasteiger partial charge on any atom is 0.123 e. The van der Waals surface area contributed by atoms with Gasteiger partial charge >= 0.3 is 0 Å². The van der Waals surface area contributed by atoms with Gasteiger partial charge in [0.1, 0.15) is 17.6 Å². The molecule has 1 aliphatic heterocycles. The number of rotatable bonds is 5. The summed E-state index contributed by atoms with van der Waals surface area (Å²) in [6.07, 6.45) is 5.17. The van der Waals surface area contributed by atoms with Crippen LogP contribution in [0.15, 0.2) is 42.5 Å². The third-order valence-electron chi connectivity index (χ3n) is 4.19. The summed E-state index contributed by atoms with van der Waals surface area (Å²) in [5.41, 5.74) is 3.65.